The summed E-state index contributed by atoms with van der Waals surface area (Å²) in [5, 5.41) is 3.56. The third-order valence-corrected chi connectivity index (χ3v) is 4.78. The SMILES string of the molecule is COc1ccc(Cl)cc1NC(=O)[C@H]1CCCN(Cc2ccccc2)C1. The van der Waals surface area contributed by atoms with E-state index in [-0.39, 0.29) is 11.8 Å². The zero-order chi connectivity index (χ0) is 17.6. The summed E-state index contributed by atoms with van der Waals surface area (Å²) in [6.07, 6.45) is 1.93. The Bertz CT molecular complexity index is 721. The van der Waals surface area contributed by atoms with Crippen molar-refractivity contribution in [2.24, 2.45) is 5.92 Å². The molecule has 0 spiro atoms. The number of carbonyl (C=O) groups excluding carboxylic acids is 1. The molecule has 0 aliphatic carbocycles. The number of methoxy groups -OCH3 is 1. The lowest BCUT2D eigenvalue weighted by molar-refractivity contribution is -0.121. The topological polar surface area (TPSA) is 41.6 Å². The fraction of sp³-hybridized carbons (Fsp3) is 0.350. The van der Waals surface area contributed by atoms with E-state index in [9.17, 15) is 4.79 Å². The summed E-state index contributed by atoms with van der Waals surface area (Å²) >= 11 is 6.04. The third-order valence-electron chi connectivity index (χ3n) is 4.54. The monoisotopic (exact) mass is 358 g/mol. The van der Waals surface area contributed by atoms with Gasteiger partial charge in [0.15, 0.2) is 0 Å². The molecule has 0 aromatic heterocycles. The van der Waals surface area contributed by atoms with E-state index in [1.165, 1.54) is 5.56 Å². The number of hydrogen-bond donors (Lipinski definition) is 1. The van der Waals surface area contributed by atoms with Crippen molar-refractivity contribution in [3.8, 4) is 5.75 Å². The first kappa shape index (κ1) is 17.8. The van der Waals surface area contributed by atoms with Crippen LogP contribution in [0.2, 0.25) is 5.02 Å². The van der Waals surface area contributed by atoms with E-state index in [0.29, 0.717) is 16.5 Å². The standard InChI is InChI=1S/C20H23ClN2O2/c1-25-19-10-9-17(21)12-18(19)22-20(24)16-8-5-11-23(14-16)13-15-6-3-2-4-7-15/h2-4,6-7,9-10,12,16H,5,8,11,13-14H2,1H3,(H,22,24)/t16-/m0/s1. The molecule has 0 unspecified atom stereocenters. The smallest absolute Gasteiger partial charge is 0.228 e. The molecule has 2 aromatic rings. The molecule has 0 bridgehead atoms. The highest BCUT2D eigenvalue weighted by molar-refractivity contribution is 6.31. The minimum absolute atomic E-state index is 0.0262. The first-order valence-corrected chi connectivity index (χ1v) is 8.94. The van der Waals surface area contributed by atoms with Gasteiger partial charge in [-0.1, -0.05) is 41.9 Å². The predicted molar refractivity (Wildman–Crippen MR) is 101 cm³/mol. The second-order valence-electron chi connectivity index (χ2n) is 6.39. The van der Waals surface area contributed by atoms with Gasteiger partial charge in [-0.15, -0.1) is 0 Å². The molecule has 4 nitrogen and oxygen atoms in total. The zero-order valence-electron chi connectivity index (χ0n) is 14.4. The number of ether oxygens (including phenoxy) is 1. The Hall–Kier alpha value is -2.04. The van der Waals surface area contributed by atoms with Crippen molar-refractivity contribution >= 4 is 23.2 Å². The average Bonchev–Trinajstić information content (AvgIpc) is 2.63. The van der Waals surface area contributed by atoms with Crippen molar-refractivity contribution in [2.45, 2.75) is 19.4 Å². The molecule has 1 saturated heterocycles. The van der Waals surface area contributed by atoms with Gasteiger partial charge in [-0.3, -0.25) is 9.69 Å². The lowest BCUT2D eigenvalue weighted by Gasteiger charge is -2.32. The maximum atomic E-state index is 12.7. The van der Waals surface area contributed by atoms with Crippen LogP contribution in [0.15, 0.2) is 48.5 Å². The van der Waals surface area contributed by atoms with Gasteiger partial charge in [0.05, 0.1) is 18.7 Å². The van der Waals surface area contributed by atoms with E-state index in [1.807, 2.05) is 6.07 Å². The molecule has 1 aliphatic heterocycles. The van der Waals surface area contributed by atoms with Crippen molar-refractivity contribution in [2.75, 3.05) is 25.5 Å². The largest absolute Gasteiger partial charge is 0.495 e. The summed E-state index contributed by atoms with van der Waals surface area (Å²) in [6, 6.07) is 15.6. The summed E-state index contributed by atoms with van der Waals surface area (Å²) in [5.41, 5.74) is 1.90. The number of benzene rings is 2. The molecule has 132 valence electrons. The molecule has 1 aliphatic rings. The lowest BCUT2D eigenvalue weighted by Crippen LogP contribution is -2.40. The van der Waals surface area contributed by atoms with E-state index in [2.05, 4.69) is 34.5 Å². The van der Waals surface area contributed by atoms with E-state index in [1.54, 1.807) is 25.3 Å². The molecule has 0 radical (unpaired) electrons. The number of piperidine rings is 1. The first-order chi connectivity index (χ1) is 12.2. The quantitative estimate of drug-likeness (QED) is 0.870. The van der Waals surface area contributed by atoms with E-state index in [0.717, 1.165) is 32.5 Å². The van der Waals surface area contributed by atoms with Gasteiger partial charge in [0.25, 0.3) is 0 Å². The Morgan fingerprint density at radius 1 is 1.28 bits per heavy atom. The number of nitrogens with zero attached hydrogens (tertiary/aromatic N) is 1. The Morgan fingerprint density at radius 2 is 2.08 bits per heavy atom. The molecule has 1 N–H and O–H groups in total. The lowest BCUT2D eigenvalue weighted by atomic mass is 9.96. The fourth-order valence-corrected chi connectivity index (χ4v) is 3.44. The van der Waals surface area contributed by atoms with Crippen LogP contribution in [-0.2, 0) is 11.3 Å². The fourth-order valence-electron chi connectivity index (χ4n) is 3.27. The van der Waals surface area contributed by atoms with Crippen LogP contribution >= 0.6 is 11.6 Å². The molecule has 2 aromatic carbocycles. The normalized spacial score (nSPS) is 17.9. The molecule has 1 heterocycles. The molecule has 1 amide bonds. The highest BCUT2D eigenvalue weighted by Gasteiger charge is 2.26. The molecular weight excluding hydrogens is 336 g/mol. The summed E-state index contributed by atoms with van der Waals surface area (Å²) in [7, 11) is 1.58. The molecule has 0 saturated carbocycles. The number of anilines is 1. The van der Waals surface area contributed by atoms with Crippen LogP contribution in [-0.4, -0.2) is 31.0 Å². The van der Waals surface area contributed by atoms with Crippen LogP contribution in [0.4, 0.5) is 5.69 Å². The van der Waals surface area contributed by atoms with Crippen molar-refractivity contribution in [1.29, 1.82) is 0 Å². The second kappa shape index (κ2) is 8.37. The number of amides is 1. The van der Waals surface area contributed by atoms with Crippen molar-refractivity contribution in [1.82, 2.24) is 4.90 Å². The predicted octanol–water partition coefficient (Wildman–Crippen LogP) is 4.20. The van der Waals surface area contributed by atoms with Crippen molar-refractivity contribution in [3.05, 3.63) is 59.1 Å². The average molecular weight is 359 g/mol. The number of hydrogen-bond acceptors (Lipinski definition) is 3. The van der Waals surface area contributed by atoms with Gasteiger partial charge in [0, 0.05) is 18.1 Å². The van der Waals surface area contributed by atoms with Crippen LogP contribution in [0.1, 0.15) is 18.4 Å². The van der Waals surface area contributed by atoms with Gasteiger partial charge >= 0.3 is 0 Å². The Morgan fingerprint density at radius 3 is 2.84 bits per heavy atom. The maximum Gasteiger partial charge on any atom is 0.228 e. The van der Waals surface area contributed by atoms with Gasteiger partial charge < -0.3 is 10.1 Å². The van der Waals surface area contributed by atoms with Crippen LogP contribution in [0.5, 0.6) is 5.75 Å². The Balaban J connectivity index is 1.63. The number of likely N-dealkylation sites (tertiary alicyclic amines) is 1. The summed E-state index contributed by atoms with van der Waals surface area (Å²) < 4.78 is 5.30. The first-order valence-electron chi connectivity index (χ1n) is 8.56. The number of carbonyl (C=O) groups is 1. The molecular formula is C20H23ClN2O2. The number of halogens is 1. The van der Waals surface area contributed by atoms with Gasteiger partial charge in [-0.05, 0) is 43.1 Å². The molecule has 5 heteroatoms. The number of rotatable bonds is 5. The molecule has 25 heavy (non-hydrogen) atoms. The Kier molecular flexibility index (Phi) is 5.95. The van der Waals surface area contributed by atoms with E-state index >= 15 is 0 Å². The van der Waals surface area contributed by atoms with Gasteiger partial charge in [0.2, 0.25) is 5.91 Å². The summed E-state index contributed by atoms with van der Waals surface area (Å²) in [6.45, 7) is 2.67. The van der Waals surface area contributed by atoms with Crippen LogP contribution in [0, 0.1) is 5.92 Å². The van der Waals surface area contributed by atoms with Crippen molar-refractivity contribution in [3.63, 3.8) is 0 Å². The van der Waals surface area contributed by atoms with Crippen molar-refractivity contribution < 1.29 is 9.53 Å². The zero-order valence-corrected chi connectivity index (χ0v) is 15.1. The maximum absolute atomic E-state index is 12.7. The van der Waals surface area contributed by atoms with Crippen LogP contribution < -0.4 is 10.1 Å². The third kappa shape index (κ3) is 4.74. The summed E-state index contributed by atoms with van der Waals surface area (Å²) in [5.74, 6) is 0.620. The Labute approximate surface area is 153 Å². The van der Waals surface area contributed by atoms with Gasteiger partial charge in [-0.2, -0.15) is 0 Å². The number of nitrogens with one attached hydrogen (secondary N) is 1. The van der Waals surface area contributed by atoms with E-state index in [4.69, 9.17) is 16.3 Å². The second-order valence-corrected chi connectivity index (χ2v) is 6.83. The molecule has 3 rings (SSSR count). The molecule has 1 fully saturated rings. The van der Waals surface area contributed by atoms with Gasteiger partial charge in [0.1, 0.15) is 5.75 Å². The van der Waals surface area contributed by atoms with Crippen LogP contribution in [0.25, 0.3) is 0 Å². The van der Waals surface area contributed by atoms with E-state index < -0.39 is 0 Å². The van der Waals surface area contributed by atoms with Crippen LogP contribution in [0.3, 0.4) is 0 Å². The minimum atomic E-state index is -0.0267. The minimum Gasteiger partial charge on any atom is -0.495 e. The molecule has 1 atom stereocenters. The van der Waals surface area contributed by atoms with Gasteiger partial charge in [-0.25, -0.2) is 0 Å². The highest BCUT2D eigenvalue weighted by Crippen LogP contribution is 2.29. The summed E-state index contributed by atoms with van der Waals surface area (Å²) in [4.78, 5) is 15.1. The highest BCUT2D eigenvalue weighted by atomic mass is 35.5.